The number of pyridine rings is 1. The minimum Gasteiger partial charge on any atom is -0.376 e. The third-order valence-corrected chi connectivity index (χ3v) is 3.91. The number of rotatable bonds is 5. The van der Waals surface area contributed by atoms with Crippen LogP contribution in [0, 0.1) is 0 Å². The Morgan fingerprint density at radius 3 is 2.86 bits per heavy atom. The van der Waals surface area contributed by atoms with Crippen LogP contribution in [0.5, 0.6) is 0 Å². The van der Waals surface area contributed by atoms with Gasteiger partial charge in [0.05, 0.1) is 22.4 Å². The smallest absolute Gasteiger partial charge is 0.376 e. The molecule has 1 amide bonds. The van der Waals surface area contributed by atoms with Crippen molar-refractivity contribution in [2.45, 2.75) is 30.1 Å². The van der Waals surface area contributed by atoms with Crippen LogP contribution < -0.4 is 5.32 Å². The highest BCUT2D eigenvalue weighted by Crippen LogP contribution is 2.29. The first-order valence-electron chi connectivity index (χ1n) is 6.49. The van der Waals surface area contributed by atoms with Crippen LogP contribution in [0.25, 0.3) is 0 Å². The van der Waals surface area contributed by atoms with Gasteiger partial charge in [-0.1, -0.05) is 11.8 Å². The van der Waals surface area contributed by atoms with Crippen molar-refractivity contribution in [1.29, 1.82) is 0 Å². The van der Waals surface area contributed by atoms with Gasteiger partial charge in [0.15, 0.2) is 0 Å². The molecule has 1 unspecified atom stereocenters. The van der Waals surface area contributed by atoms with Crippen LogP contribution in [-0.2, 0) is 15.7 Å². The molecule has 0 spiro atoms. The van der Waals surface area contributed by atoms with E-state index in [2.05, 4.69) is 10.3 Å². The van der Waals surface area contributed by atoms with Gasteiger partial charge in [0.25, 0.3) is 0 Å². The van der Waals surface area contributed by atoms with Gasteiger partial charge in [0.2, 0.25) is 5.91 Å². The van der Waals surface area contributed by atoms with E-state index in [4.69, 9.17) is 4.74 Å². The predicted molar refractivity (Wildman–Crippen MR) is 71.9 cm³/mol. The molecule has 2 heterocycles. The van der Waals surface area contributed by atoms with Gasteiger partial charge in [-0.05, 0) is 25.0 Å². The molecule has 4 nitrogen and oxygen atoms in total. The second-order valence-corrected chi connectivity index (χ2v) is 5.61. The van der Waals surface area contributed by atoms with Gasteiger partial charge in [0.1, 0.15) is 0 Å². The van der Waals surface area contributed by atoms with E-state index in [-0.39, 0.29) is 17.8 Å². The molecular weight excluding hydrogens is 305 g/mol. The summed E-state index contributed by atoms with van der Waals surface area (Å²) in [4.78, 5) is 15.3. The summed E-state index contributed by atoms with van der Waals surface area (Å²) in [6.07, 6.45) is -1.61. The lowest BCUT2D eigenvalue weighted by molar-refractivity contribution is -0.137. The summed E-state index contributed by atoms with van der Waals surface area (Å²) in [6, 6.07) is 2.22. The lowest BCUT2D eigenvalue weighted by Gasteiger charge is -2.10. The zero-order chi connectivity index (χ0) is 15.3. The van der Waals surface area contributed by atoms with Crippen molar-refractivity contribution >= 4 is 17.7 Å². The van der Waals surface area contributed by atoms with E-state index in [1.54, 1.807) is 0 Å². The normalized spacial score (nSPS) is 18.7. The molecule has 1 aromatic heterocycles. The third-order valence-electron chi connectivity index (χ3n) is 2.97. The van der Waals surface area contributed by atoms with Crippen molar-refractivity contribution in [2.75, 3.05) is 18.9 Å². The molecule has 8 heteroatoms. The number of thioether (sulfide) groups is 1. The summed E-state index contributed by atoms with van der Waals surface area (Å²) in [5.74, 6) is -0.0670. The highest BCUT2D eigenvalue weighted by atomic mass is 32.2. The Bertz CT molecular complexity index is 473. The average Bonchev–Trinajstić information content (AvgIpc) is 2.95. The number of carbonyl (C=O) groups is 1. The number of nitrogens with one attached hydrogen (secondary N) is 1. The Morgan fingerprint density at radius 1 is 1.48 bits per heavy atom. The van der Waals surface area contributed by atoms with Gasteiger partial charge in [-0.3, -0.25) is 4.79 Å². The molecule has 1 N–H and O–H groups in total. The van der Waals surface area contributed by atoms with Crippen molar-refractivity contribution in [2.24, 2.45) is 0 Å². The minimum atomic E-state index is -4.39. The largest absolute Gasteiger partial charge is 0.417 e. The first kappa shape index (κ1) is 16.1. The van der Waals surface area contributed by atoms with Gasteiger partial charge < -0.3 is 10.1 Å². The summed E-state index contributed by atoms with van der Waals surface area (Å²) in [5.41, 5.74) is -0.797. The molecule has 2 rings (SSSR count). The molecule has 1 aromatic rings. The van der Waals surface area contributed by atoms with Crippen LogP contribution in [-0.4, -0.2) is 35.9 Å². The Balaban J connectivity index is 1.73. The van der Waals surface area contributed by atoms with E-state index in [9.17, 15) is 18.0 Å². The monoisotopic (exact) mass is 320 g/mol. The van der Waals surface area contributed by atoms with E-state index >= 15 is 0 Å². The number of ether oxygens (including phenoxy) is 1. The number of alkyl halides is 3. The minimum absolute atomic E-state index is 0.0724. The van der Waals surface area contributed by atoms with E-state index in [1.807, 2.05) is 0 Å². The highest BCUT2D eigenvalue weighted by Gasteiger charge is 2.30. The molecule has 0 radical (unpaired) electrons. The van der Waals surface area contributed by atoms with E-state index in [0.717, 1.165) is 43.5 Å². The average molecular weight is 320 g/mol. The molecule has 0 aromatic carbocycles. The van der Waals surface area contributed by atoms with E-state index in [1.165, 1.54) is 6.07 Å². The maximum Gasteiger partial charge on any atom is 0.417 e. The first-order valence-corrected chi connectivity index (χ1v) is 7.48. The molecule has 1 atom stereocenters. The molecular formula is C13H15F3N2O2S. The van der Waals surface area contributed by atoms with Crippen LogP contribution in [0.4, 0.5) is 13.2 Å². The molecule has 1 fully saturated rings. The number of amides is 1. The lowest BCUT2D eigenvalue weighted by atomic mass is 10.2. The number of nitrogens with zero attached hydrogens (tertiary/aromatic N) is 1. The number of hydrogen-bond donors (Lipinski definition) is 1. The Morgan fingerprint density at radius 2 is 2.29 bits per heavy atom. The van der Waals surface area contributed by atoms with Gasteiger partial charge in [-0.2, -0.15) is 13.2 Å². The van der Waals surface area contributed by atoms with Crippen LogP contribution in [0.15, 0.2) is 23.4 Å². The summed E-state index contributed by atoms with van der Waals surface area (Å²) >= 11 is 1.10. The van der Waals surface area contributed by atoms with Crippen molar-refractivity contribution < 1.29 is 22.7 Å². The van der Waals surface area contributed by atoms with Gasteiger partial charge in [0, 0.05) is 19.3 Å². The molecule has 0 saturated carbocycles. The third kappa shape index (κ3) is 5.20. The predicted octanol–water partition coefficient (Wildman–Crippen LogP) is 2.49. The maximum absolute atomic E-state index is 12.4. The van der Waals surface area contributed by atoms with Crippen LogP contribution >= 0.6 is 11.8 Å². The highest BCUT2D eigenvalue weighted by molar-refractivity contribution is 7.99. The van der Waals surface area contributed by atoms with Crippen molar-refractivity contribution in [3.8, 4) is 0 Å². The summed E-state index contributed by atoms with van der Waals surface area (Å²) in [5, 5.41) is 3.12. The van der Waals surface area contributed by atoms with E-state index < -0.39 is 11.7 Å². The summed E-state index contributed by atoms with van der Waals surface area (Å²) in [6.45, 7) is 1.20. The number of aromatic nitrogens is 1. The van der Waals surface area contributed by atoms with Crippen LogP contribution in [0.3, 0.4) is 0 Å². The quantitative estimate of drug-likeness (QED) is 0.847. The van der Waals surface area contributed by atoms with Gasteiger partial charge >= 0.3 is 6.18 Å². The fourth-order valence-electron chi connectivity index (χ4n) is 1.86. The summed E-state index contributed by atoms with van der Waals surface area (Å²) < 4.78 is 42.4. The second kappa shape index (κ2) is 7.13. The number of halogens is 3. The molecule has 116 valence electrons. The van der Waals surface area contributed by atoms with Crippen molar-refractivity contribution in [3.63, 3.8) is 0 Å². The fourth-order valence-corrected chi connectivity index (χ4v) is 2.53. The van der Waals surface area contributed by atoms with Crippen molar-refractivity contribution in [1.82, 2.24) is 10.3 Å². The van der Waals surface area contributed by atoms with Crippen LogP contribution in [0.1, 0.15) is 18.4 Å². The number of hydrogen-bond acceptors (Lipinski definition) is 4. The molecule has 1 saturated heterocycles. The second-order valence-electron chi connectivity index (χ2n) is 4.61. The molecule has 21 heavy (non-hydrogen) atoms. The topological polar surface area (TPSA) is 51.2 Å². The zero-order valence-electron chi connectivity index (χ0n) is 11.2. The van der Waals surface area contributed by atoms with Crippen LogP contribution in [0.2, 0.25) is 0 Å². The molecule has 0 bridgehead atoms. The van der Waals surface area contributed by atoms with Gasteiger partial charge in [-0.25, -0.2) is 4.98 Å². The SMILES string of the molecule is O=C(CSc1ccc(C(F)(F)F)cn1)NCC1CCCO1. The van der Waals surface area contributed by atoms with Gasteiger partial charge in [-0.15, -0.1) is 0 Å². The van der Waals surface area contributed by atoms with Crippen molar-refractivity contribution in [3.05, 3.63) is 23.9 Å². The fraction of sp³-hybridized carbons (Fsp3) is 0.538. The maximum atomic E-state index is 12.4. The summed E-state index contributed by atoms with van der Waals surface area (Å²) in [7, 11) is 0. The Labute approximate surface area is 124 Å². The molecule has 0 aliphatic carbocycles. The first-order chi connectivity index (χ1) is 9.95. The zero-order valence-corrected chi connectivity index (χ0v) is 12.0. The standard InChI is InChI=1S/C13H15F3N2O2S/c14-13(15,16)9-3-4-12(18-6-9)21-8-11(19)17-7-10-2-1-5-20-10/h3-4,6,10H,1-2,5,7-8H2,(H,17,19). The van der Waals surface area contributed by atoms with E-state index in [0.29, 0.717) is 11.6 Å². The Kier molecular flexibility index (Phi) is 5.46. The number of carbonyl (C=O) groups excluding carboxylic acids is 1. The Hall–Kier alpha value is -1.28. The lowest BCUT2D eigenvalue weighted by Crippen LogP contribution is -2.32. The molecule has 1 aliphatic heterocycles. The molecule has 1 aliphatic rings.